The molecule has 3 aromatic rings. The van der Waals surface area contributed by atoms with E-state index in [1.807, 2.05) is 35.1 Å². The van der Waals surface area contributed by atoms with Crippen molar-refractivity contribution in [2.45, 2.75) is 11.5 Å². The van der Waals surface area contributed by atoms with Crippen LogP contribution < -0.4 is 10.0 Å². The van der Waals surface area contributed by atoms with E-state index in [1.54, 1.807) is 6.08 Å². The normalized spacial score (nSPS) is 11.3. The summed E-state index contributed by atoms with van der Waals surface area (Å²) in [5.74, 6) is -1.26. The minimum absolute atomic E-state index is 0.0296. The molecule has 0 spiro atoms. The molecule has 0 atom stereocenters. The molecule has 158 valence electrons. The summed E-state index contributed by atoms with van der Waals surface area (Å²) in [4.78, 5) is 28.1. The van der Waals surface area contributed by atoms with Gasteiger partial charge >= 0.3 is 0 Å². The summed E-state index contributed by atoms with van der Waals surface area (Å²) in [7, 11) is -4.14. The molecular weight excluding hydrogens is 418 g/mol. The molecule has 31 heavy (non-hydrogen) atoms. The van der Waals surface area contributed by atoms with Gasteiger partial charge in [0.15, 0.2) is 0 Å². The summed E-state index contributed by atoms with van der Waals surface area (Å²) in [6.45, 7) is -0.290. The van der Waals surface area contributed by atoms with Gasteiger partial charge in [-0.05, 0) is 48.0 Å². The molecule has 0 saturated heterocycles. The van der Waals surface area contributed by atoms with Crippen LogP contribution in [-0.2, 0) is 16.6 Å². The van der Waals surface area contributed by atoms with E-state index in [4.69, 9.17) is 5.11 Å². The Morgan fingerprint density at radius 2 is 1.58 bits per heavy atom. The Hall–Kier alpha value is -3.82. The van der Waals surface area contributed by atoms with Crippen LogP contribution in [0.15, 0.2) is 84.0 Å². The molecule has 8 nitrogen and oxygen atoms in total. The predicted octanol–water partition coefficient (Wildman–Crippen LogP) is 2.09. The summed E-state index contributed by atoms with van der Waals surface area (Å²) in [5.41, 5.74) is 1.56. The number of rotatable bonds is 7. The molecule has 0 saturated carbocycles. The number of hydrogen-bond acceptors (Lipinski definition) is 6. The van der Waals surface area contributed by atoms with E-state index in [2.05, 4.69) is 10.3 Å². The molecule has 1 aromatic heterocycles. The zero-order chi connectivity index (χ0) is 22.3. The fourth-order valence-corrected chi connectivity index (χ4v) is 3.51. The van der Waals surface area contributed by atoms with Gasteiger partial charge in [-0.2, -0.15) is 0 Å². The maximum absolute atomic E-state index is 12.4. The van der Waals surface area contributed by atoms with Gasteiger partial charge in [0.05, 0.1) is 22.8 Å². The molecule has 9 heteroatoms. The number of nitrogens with zero attached hydrogens (tertiary/aromatic N) is 1. The Morgan fingerprint density at radius 3 is 2.19 bits per heavy atom. The molecule has 1 heterocycles. The summed E-state index contributed by atoms with van der Waals surface area (Å²) in [6, 6.07) is 17.3. The van der Waals surface area contributed by atoms with Gasteiger partial charge < -0.3 is 10.4 Å². The lowest BCUT2D eigenvalue weighted by Gasteiger charge is -2.08. The molecular formula is C22H19N3O5S. The second kappa shape index (κ2) is 9.79. The Kier molecular flexibility index (Phi) is 6.91. The second-order valence-electron chi connectivity index (χ2n) is 6.37. The van der Waals surface area contributed by atoms with Gasteiger partial charge in [-0.25, -0.2) is 13.1 Å². The van der Waals surface area contributed by atoms with Gasteiger partial charge in [0.25, 0.3) is 21.8 Å². The number of pyridine rings is 1. The maximum atomic E-state index is 12.4. The van der Waals surface area contributed by atoms with Gasteiger partial charge in [0.1, 0.15) is 0 Å². The van der Waals surface area contributed by atoms with Crippen molar-refractivity contribution in [2.75, 3.05) is 0 Å². The largest absolute Gasteiger partial charge is 0.390 e. The van der Waals surface area contributed by atoms with Gasteiger partial charge in [-0.1, -0.05) is 30.3 Å². The lowest BCUT2D eigenvalue weighted by atomic mass is 10.2. The van der Waals surface area contributed by atoms with Crippen molar-refractivity contribution < 1.29 is 23.1 Å². The van der Waals surface area contributed by atoms with Crippen molar-refractivity contribution in [3.63, 3.8) is 0 Å². The van der Waals surface area contributed by atoms with Crippen molar-refractivity contribution in [3.8, 4) is 0 Å². The van der Waals surface area contributed by atoms with E-state index < -0.39 is 21.8 Å². The van der Waals surface area contributed by atoms with Crippen LogP contribution in [0.5, 0.6) is 0 Å². The average Bonchev–Trinajstić information content (AvgIpc) is 2.79. The van der Waals surface area contributed by atoms with E-state index in [9.17, 15) is 18.0 Å². The smallest absolute Gasteiger partial charge is 0.266 e. The third kappa shape index (κ3) is 5.84. The Balaban J connectivity index is 1.64. The zero-order valence-electron chi connectivity index (χ0n) is 16.2. The molecule has 0 radical (unpaired) electrons. The van der Waals surface area contributed by atoms with E-state index in [-0.39, 0.29) is 22.6 Å². The Morgan fingerprint density at radius 1 is 0.903 bits per heavy atom. The highest BCUT2D eigenvalue weighted by molar-refractivity contribution is 7.90. The van der Waals surface area contributed by atoms with Crippen LogP contribution in [0.1, 0.15) is 32.0 Å². The quantitative estimate of drug-likeness (QED) is 0.520. The van der Waals surface area contributed by atoms with Gasteiger partial charge in [0.2, 0.25) is 0 Å². The van der Waals surface area contributed by atoms with Gasteiger partial charge in [0, 0.05) is 18.0 Å². The lowest BCUT2D eigenvalue weighted by molar-refractivity contribution is 0.0965. The number of aliphatic hydroxyl groups is 1. The number of carbonyl (C=O) groups excluding carboxylic acids is 2. The van der Waals surface area contributed by atoms with Crippen LogP contribution >= 0.6 is 0 Å². The number of carbonyl (C=O) groups is 2. The third-order valence-electron chi connectivity index (χ3n) is 4.19. The number of aliphatic hydroxyl groups excluding tert-OH is 1. The van der Waals surface area contributed by atoms with Crippen molar-refractivity contribution in [1.82, 2.24) is 15.0 Å². The van der Waals surface area contributed by atoms with E-state index in [0.29, 0.717) is 5.69 Å². The van der Waals surface area contributed by atoms with Crippen molar-refractivity contribution in [2.24, 2.45) is 0 Å². The SMILES string of the molecule is O=C(NC=Cc1ccccc1)c1ccc(S(=O)(=O)NC(=O)c2ccc(CO)nc2)cc1. The summed E-state index contributed by atoms with van der Waals surface area (Å²) < 4.78 is 26.8. The number of aromatic nitrogens is 1. The number of benzene rings is 2. The third-order valence-corrected chi connectivity index (χ3v) is 5.54. The first-order chi connectivity index (χ1) is 14.9. The average molecular weight is 437 g/mol. The molecule has 2 amide bonds. The molecule has 2 aromatic carbocycles. The van der Waals surface area contributed by atoms with Crippen LogP contribution in [-0.4, -0.2) is 30.3 Å². The first-order valence-corrected chi connectivity index (χ1v) is 10.6. The minimum atomic E-state index is -4.14. The second-order valence-corrected chi connectivity index (χ2v) is 8.06. The van der Waals surface area contributed by atoms with Crippen LogP contribution in [0, 0.1) is 0 Å². The monoisotopic (exact) mass is 437 g/mol. The van der Waals surface area contributed by atoms with Crippen LogP contribution in [0.25, 0.3) is 6.08 Å². The minimum Gasteiger partial charge on any atom is -0.390 e. The van der Waals surface area contributed by atoms with Crippen LogP contribution in [0.2, 0.25) is 0 Å². The summed E-state index contributed by atoms with van der Waals surface area (Å²) in [6.07, 6.45) is 4.40. The van der Waals surface area contributed by atoms with Crippen molar-refractivity contribution >= 4 is 27.9 Å². The first kappa shape index (κ1) is 21.9. The van der Waals surface area contributed by atoms with E-state index in [0.717, 1.165) is 5.56 Å². The molecule has 3 N–H and O–H groups in total. The van der Waals surface area contributed by atoms with Crippen molar-refractivity contribution in [1.29, 1.82) is 0 Å². The van der Waals surface area contributed by atoms with Crippen LogP contribution in [0.4, 0.5) is 0 Å². The highest BCUT2D eigenvalue weighted by Gasteiger charge is 2.19. The highest BCUT2D eigenvalue weighted by atomic mass is 32.2. The van der Waals surface area contributed by atoms with E-state index >= 15 is 0 Å². The highest BCUT2D eigenvalue weighted by Crippen LogP contribution is 2.12. The molecule has 3 rings (SSSR count). The molecule has 0 bridgehead atoms. The van der Waals surface area contributed by atoms with Crippen LogP contribution in [0.3, 0.4) is 0 Å². The number of amides is 2. The Labute approximate surface area is 179 Å². The standard InChI is InChI=1S/C22H19N3O5S/c26-15-19-9-6-18(14-24-19)22(28)25-31(29,30)20-10-7-17(8-11-20)21(27)23-13-12-16-4-2-1-3-5-16/h1-14,26H,15H2,(H,23,27)(H,25,28). The first-order valence-electron chi connectivity index (χ1n) is 9.14. The van der Waals surface area contributed by atoms with E-state index in [1.165, 1.54) is 48.8 Å². The zero-order valence-corrected chi connectivity index (χ0v) is 17.0. The van der Waals surface area contributed by atoms with Gasteiger partial charge in [-0.15, -0.1) is 0 Å². The topological polar surface area (TPSA) is 125 Å². The molecule has 0 fully saturated rings. The summed E-state index contributed by atoms with van der Waals surface area (Å²) >= 11 is 0. The lowest BCUT2D eigenvalue weighted by Crippen LogP contribution is -2.30. The maximum Gasteiger partial charge on any atom is 0.266 e. The fraction of sp³-hybridized carbons (Fsp3) is 0.0455. The van der Waals surface area contributed by atoms with Crippen molar-refractivity contribution in [3.05, 3.63) is 102 Å². The predicted molar refractivity (Wildman–Crippen MR) is 114 cm³/mol. The fourth-order valence-electron chi connectivity index (χ4n) is 2.54. The molecule has 0 aliphatic carbocycles. The molecule has 0 unspecified atom stereocenters. The number of sulfonamides is 1. The molecule has 0 aliphatic rings. The summed E-state index contributed by atoms with van der Waals surface area (Å²) in [5, 5.41) is 11.6. The number of nitrogens with one attached hydrogen (secondary N) is 2. The van der Waals surface area contributed by atoms with Gasteiger partial charge in [-0.3, -0.25) is 14.6 Å². The molecule has 0 aliphatic heterocycles. The Bertz CT molecular complexity index is 1190. The number of hydrogen-bond donors (Lipinski definition) is 3.